The number of rotatable bonds is 6. The van der Waals surface area contributed by atoms with Crippen molar-refractivity contribution in [2.24, 2.45) is 0 Å². The standard InChI is InChI=1S/C11H13N3O3S/c1-2-5-14-9(12-7-13-14)6-18-10-4-3-8(17-10)11(15)16/h3-4,7H,2,5-6H2,1H3,(H,15,16). The lowest BCUT2D eigenvalue weighted by molar-refractivity contribution is 0.0656. The number of carboxylic acids is 1. The Labute approximate surface area is 108 Å². The van der Waals surface area contributed by atoms with E-state index in [2.05, 4.69) is 17.0 Å². The Morgan fingerprint density at radius 1 is 1.56 bits per heavy atom. The minimum Gasteiger partial charge on any atom is -0.475 e. The van der Waals surface area contributed by atoms with Crippen molar-refractivity contribution in [2.45, 2.75) is 30.7 Å². The summed E-state index contributed by atoms with van der Waals surface area (Å²) in [7, 11) is 0. The summed E-state index contributed by atoms with van der Waals surface area (Å²) in [6, 6.07) is 3.09. The van der Waals surface area contributed by atoms with Gasteiger partial charge in [-0.15, -0.1) is 0 Å². The van der Waals surface area contributed by atoms with Crippen molar-refractivity contribution >= 4 is 17.7 Å². The van der Waals surface area contributed by atoms with Crippen LogP contribution in [0, 0.1) is 0 Å². The molecular formula is C11H13N3O3S. The van der Waals surface area contributed by atoms with Crippen LogP contribution in [0.1, 0.15) is 29.7 Å². The summed E-state index contributed by atoms with van der Waals surface area (Å²) in [6.45, 7) is 2.90. The molecule has 0 aliphatic rings. The molecular weight excluding hydrogens is 254 g/mol. The second-order valence-electron chi connectivity index (χ2n) is 3.61. The van der Waals surface area contributed by atoms with E-state index < -0.39 is 5.97 Å². The van der Waals surface area contributed by atoms with Crippen molar-refractivity contribution in [1.82, 2.24) is 14.8 Å². The fourth-order valence-corrected chi connectivity index (χ4v) is 2.25. The maximum absolute atomic E-state index is 10.7. The minimum absolute atomic E-state index is 0.0486. The molecule has 0 amide bonds. The van der Waals surface area contributed by atoms with Gasteiger partial charge in [-0.3, -0.25) is 0 Å². The maximum atomic E-state index is 10.7. The third-order valence-electron chi connectivity index (χ3n) is 2.27. The van der Waals surface area contributed by atoms with E-state index in [0.717, 1.165) is 18.8 Å². The zero-order valence-corrected chi connectivity index (χ0v) is 10.7. The molecule has 0 unspecified atom stereocenters. The molecule has 2 heterocycles. The lowest BCUT2D eigenvalue weighted by Crippen LogP contribution is -2.03. The zero-order chi connectivity index (χ0) is 13.0. The fraction of sp³-hybridized carbons (Fsp3) is 0.364. The molecule has 0 atom stereocenters. The number of carboxylic acid groups (broad SMARTS) is 1. The van der Waals surface area contributed by atoms with Gasteiger partial charge in [0.15, 0.2) is 5.09 Å². The molecule has 6 nitrogen and oxygen atoms in total. The van der Waals surface area contributed by atoms with Crippen LogP contribution in [-0.2, 0) is 12.3 Å². The average molecular weight is 267 g/mol. The Morgan fingerprint density at radius 3 is 3.06 bits per heavy atom. The molecule has 0 saturated heterocycles. The van der Waals surface area contributed by atoms with Crippen molar-refractivity contribution in [3.8, 4) is 0 Å². The highest BCUT2D eigenvalue weighted by molar-refractivity contribution is 7.98. The molecule has 96 valence electrons. The normalized spacial score (nSPS) is 10.7. The largest absolute Gasteiger partial charge is 0.475 e. The smallest absolute Gasteiger partial charge is 0.371 e. The Hall–Kier alpha value is -1.76. The molecule has 1 N–H and O–H groups in total. The number of hydrogen-bond donors (Lipinski definition) is 1. The lowest BCUT2D eigenvalue weighted by atomic mass is 10.5. The number of aryl methyl sites for hydroxylation is 1. The molecule has 0 aromatic carbocycles. The molecule has 0 fully saturated rings. The first-order chi connectivity index (χ1) is 8.70. The minimum atomic E-state index is -1.06. The van der Waals surface area contributed by atoms with Crippen LogP contribution < -0.4 is 0 Å². The zero-order valence-electron chi connectivity index (χ0n) is 9.87. The van der Waals surface area contributed by atoms with Gasteiger partial charge in [0.2, 0.25) is 5.76 Å². The Morgan fingerprint density at radius 2 is 2.39 bits per heavy atom. The van der Waals surface area contributed by atoms with Crippen molar-refractivity contribution in [3.63, 3.8) is 0 Å². The molecule has 0 aliphatic carbocycles. The molecule has 0 aliphatic heterocycles. The predicted molar refractivity (Wildman–Crippen MR) is 65.5 cm³/mol. The van der Waals surface area contributed by atoms with Crippen LogP contribution >= 0.6 is 11.8 Å². The first-order valence-electron chi connectivity index (χ1n) is 5.53. The molecule has 0 radical (unpaired) electrons. The second kappa shape index (κ2) is 5.72. The van der Waals surface area contributed by atoms with E-state index in [1.54, 1.807) is 6.07 Å². The van der Waals surface area contributed by atoms with Crippen molar-refractivity contribution < 1.29 is 14.3 Å². The van der Waals surface area contributed by atoms with E-state index in [-0.39, 0.29) is 5.76 Å². The van der Waals surface area contributed by atoms with E-state index in [1.807, 2.05) is 4.68 Å². The third kappa shape index (κ3) is 2.92. The molecule has 18 heavy (non-hydrogen) atoms. The summed E-state index contributed by atoms with van der Waals surface area (Å²) in [5.41, 5.74) is 0. The van der Waals surface area contributed by atoms with Gasteiger partial charge in [0.1, 0.15) is 12.2 Å². The number of thioether (sulfide) groups is 1. The summed E-state index contributed by atoms with van der Waals surface area (Å²) in [5, 5.41) is 13.4. The lowest BCUT2D eigenvalue weighted by Gasteiger charge is -2.02. The van der Waals surface area contributed by atoms with Gasteiger partial charge >= 0.3 is 5.97 Å². The van der Waals surface area contributed by atoms with Gasteiger partial charge in [-0.2, -0.15) is 5.10 Å². The topological polar surface area (TPSA) is 81.2 Å². The van der Waals surface area contributed by atoms with Crippen LogP contribution in [0.4, 0.5) is 0 Å². The van der Waals surface area contributed by atoms with Crippen LogP contribution in [-0.4, -0.2) is 25.8 Å². The highest BCUT2D eigenvalue weighted by Crippen LogP contribution is 2.24. The average Bonchev–Trinajstić information content (AvgIpc) is 2.95. The van der Waals surface area contributed by atoms with Crippen LogP contribution in [0.25, 0.3) is 0 Å². The molecule has 7 heteroatoms. The number of nitrogens with zero attached hydrogens (tertiary/aromatic N) is 3. The highest BCUT2D eigenvalue weighted by Gasteiger charge is 2.10. The number of carbonyl (C=O) groups is 1. The quantitative estimate of drug-likeness (QED) is 0.808. The van der Waals surface area contributed by atoms with Gasteiger partial charge in [-0.1, -0.05) is 18.7 Å². The predicted octanol–water partition coefficient (Wildman–Crippen LogP) is 2.27. The molecule has 2 rings (SSSR count). The second-order valence-corrected chi connectivity index (χ2v) is 4.59. The van der Waals surface area contributed by atoms with Crippen LogP contribution in [0.5, 0.6) is 0 Å². The van der Waals surface area contributed by atoms with Crippen molar-refractivity contribution in [3.05, 3.63) is 30.0 Å². The summed E-state index contributed by atoms with van der Waals surface area (Å²) >= 11 is 1.40. The Bertz CT molecular complexity index is 535. The van der Waals surface area contributed by atoms with Gasteiger partial charge < -0.3 is 9.52 Å². The number of furan rings is 1. The third-order valence-corrected chi connectivity index (χ3v) is 3.17. The SMILES string of the molecule is CCCn1ncnc1CSc1ccc(C(=O)O)o1. The van der Waals surface area contributed by atoms with Gasteiger partial charge in [-0.05, 0) is 18.6 Å². The molecule has 0 spiro atoms. The van der Waals surface area contributed by atoms with Gasteiger partial charge in [-0.25, -0.2) is 14.5 Å². The van der Waals surface area contributed by atoms with Crippen LogP contribution in [0.3, 0.4) is 0 Å². The number of hydrogen-bond acceptors (Lipinski definition) is 5. The van der Waals surface area contributed by atoms with E-state index in [1.165, 1.54) is 24.2 Å². The van der Waals surface area contributed by atoms with Crippen LogP contribution in [0.15, 0.2) is 28.0 Å². The number of aromatic nitrogens is 3. The molecule has 0 bridgehead atoms. The summed E-state index contributed by atoms with van der Waals surface area (Å²) in [4.78, 5) is 14.8. The Kier molecular flexibility index (Phi) is 4.03. The summed E-state index contributed by atoms with van der Waals surface area (Å²) < 4.78 is 6.99. The monoisotopic (exact) mass is 267 g/mol. The van der Waals surface area contributed by atoms with E-state index in [4.69, 9.17) is 9.52 Å². The van der Waals surface area contributed by atoms with E-state index in [0.29, 0.717) is 10.8 Å². The van der Waals surface area contributed by atoms with Crippen LogP contribution in [0.2, 0.25) is 0 Å². The van der Waals surface area contributed by atoms with E-state index >= 15 is 0 Å². The van der Waals surface area contributed by atoms with Crippen molar-refractivity contribution in [2.75, 3.05) is 0 Å². The maximum Gasteiger partial charge on any atom is 0.371 e. The van der Waals surface area contributed by atoms with Gasteiger partial charge in [0.05, 0.1) is 5.75 Å². The van der Waals surface area contributed by atoms with E-state index in [9.17, 15) is 4.79 Å². The molecule has 2 aromatic rings. The molecule has 0 saturated carbocycles. The molecule has 2 aromatic heterocycles. The van der Waals surface area contributed by atoms with Gasteiger partial charge in [0, 0.05) is 6.54 Å². The number of aromatic carboxylic acids is 1. The fourth-order valence-electron chi connectivity index (χ4n) is 1.45. The summed E-state index contributed by atoms with van der Waals surface area (Å²) in [6.07, 6.45) is 2.52. The highest BCUT2D eigenvalue weighted by atomic mass is 32.2. The first kappa shape index (κ1) is 12.7. The van der Waals surface area contributed by atoms with Crippen molar-refractivity contribution in [1.29, 1.82) is 0 Å². The Balaban J connectivity index is 1.97. The summed E-state index contributed by atoms with van der Waals surface area (Å²) in [5.74, 6) is 0.352. The first-order valence-corrected chi connectivity index (χ1v) is 6.52. The van der Waals surface area contributed by atoms with Gasteiger partial charge in [0.25, 0.3) is 0 Å².